The number of halogens is 1. The molecule has 0 spiro atoms. The second kappa shape index (κ2) is 7.92. The first kappa shape index (κ1) is 12.8. The standard InChI is InChI=1S/C14H21Br/c1-2-13-9-6-7-11-14(13)10-5-3-4-8-12-15/h6-7,9,11H,2-5,8,10,12H2,1H3. The Hall–Kier alpha value is -0.300. The van der Waals surface area contributed by atoms with Crippen molar-refractivity contribution in [2.75, 3.05) is 5.33 Å². The molecule has 0 saturated carbocycles. The van der Waals surface area contributed by atoms with Gasteiger partial charge in [-0.3, -0.25) is 0 Å². The van der Waals surface area contributed by atoms with Crippen LogP contribution in [0.25, 0.3) is 0 Å². The molecule has 0 N–H and O–H groups in total. The van der Waals surface area contributed by atoms with E-state index in [9.17, 15) is 0 Å². The van der Waals surface area contributed by atoms with Gasteiger partial charge in [0, 0.05) is 5.33 Å². The van der Waals surface area contributed by atoms with Gasteiger partial charge in [0.15, 0.2) is 0 Å². The van der Waals surface area contributed by atoms with Crippen LogP contribution < -0.4 is 0 Å². The summed E-state index contributed by atoms with van der Waals surface area (Å²) in [6.07, 6.45) is 7.80. The third kappa shape index (κ3) is 4.83. The van der Waals surface area contributed by atoms with E-state index >= 15 is 0 Å². The first-order chi connectivity index (χ1) is 7.38. The molecule has 1 aromatic carbocycles. The van der Waals surface area contributed by atoms with Crippen molar-refractivity contribution in [3.8, 4) is 0 Å². The largest absolute Gasteiger partial charge is 0.0928 e. The van der Waals surface area contributed by atoms with Crippen LogP contribution in [0.2, 0.25) is 0 Å². The predicted octanol–water partition coefficient (Wildman–Crippen LogP) is 4.75. The van der Waals surface area contributed by atoms with Crippen LogP contribution in [-0.4, -0.2) is 5.33 Å². The second-order valence-electron chi connectivity index (χ2n) is 3.98. The topological polar surface area (TPSA) is 0 Å². The number of alkyl halides is 1. The Morgan fingerprint density at radius 1 is 0.933 bits per heavy atom. The smallest absolute Gasteiger partial charge is 0.00313 e. The maximum absolute atomic E-state index is 3.47. The van der Waals surface area contributed by atoms with Crippen molar-refractivity contribution < 1.29 is 0 Å². The third-order valence-electron chi connectivity index (χ3n) is 2.83. The van der Waals surface area contributed by atoms with Gasteiger partial charge in [-0.15, -0.1) is 0 Å². The van der Waals surface area contributed by atoms with E-state index < -0.39 is 0 Å². The zero-order chi connectivity index (χ0) is 10.9. The molecule has 0 nitrogen and oxygen atoms in total. The van der Waals surface area contributed by atoms with Crippen molar-refractivity contribution in [3.63, 3.8) is 0 Å². The number of unbranched alkanes of at least 4 members (excludes halogenated alkanes) is 3. The number of aryl methyl sites for hydroxylation is 2. The lowest BCUT2D eigenvalue weighted by Crippen LogP contribution is -1.92. The first-order valence-electron chi connectivity index (χ1n) is 6.01. The predicted molar refractivity (Wildman–Crippen MR) is 71.8 cm³/mol. The molecule has 0 unspecified atom stereocenters. The van der Waals surface area contributed by atoms with Gasteiger partial charge in [0.25, 0.3) is 0 Å². The molecule has 0 bridgehead atoms. The molecule has 0 amide bonds. The van der Waals surface area contributed by atoms with Crippen molar-refractivity contribution in [1.29, 1.82) is 0 Å². The summed E-state index contributed by atoms with van der Waals surface area (Å²) in [5.74, 6) is 0. The minimum atomic E-state index is 1.15. The number of hydrogen-bond acceptors (Lipinski definition) is 0. The van der Waals surface area contributed by atoms with E-state index in [-0.39, 0.29) is 0 Å². The molecule has 15 heavy (non-hydrogen) atoms. The fraction of sp³-hybridized carbons (Fsp3) is 0.571. The minimum Gasteiger partial charge on any atom is -0.0928 e. The van der Waals surface area contributed by atoms with E-state index in [2.05, 4.69) is 47.1 Å². The molecule has 0 atom stereocenters. The van der Waals surface area contributed by atoms with Gasteiger partial charge in [0.1, 0.15) is 0 Å². The number of benzene rings is 1. The van der Waals surface area contributed by atoms with E-state index in [0.717, 1.165) is 11.8 Å². The quantitative estimate of drug-likeness (QED) is 0.495. The van der Waals surface area contributed by atoms with Crippen LogP contribution in [0.15, 0.2) is 24.3 Å². The van der Waals surface area contributed by atoms with Gasteiger partial charge in [-0.1, -0.05) is 60.0 Å². The molecule has 1 aromatic rings. The van der Waals surface area contributed by atoms with Gasteiger partial charge in [-0.05, 0) is 36.8 Å². The lowest BCUT2D eigenvalue weighted by atomic mass is 9.99. The normalized spacial score (nSPS) is 10.5. The van der Waals surface area contributed by atoms with Crippen molar-refractivity contribution in [3.05, 3.63) is 35.4 Å². The molecule has 1 heteroatoms. The summed E-state index contributed by atoms with van der Waals surface area (Å²) in [4.78, 5) is 0. The van der Waals surface area contributed by atoms with Crippen LogP contribution in [0.3, 0.4) is 0 Å². The van der Waals surface area contributed by atoms with Crippen LogP contribution >= 0.6 is 15.9 Å². The van der Waals surface area contributed by atoms with Crippen molar-refractivity contribution >= 4 is 15.9 Å². The SMILES string of the molecule is CCc1ccccc1CCCCCCBr. The molecular formula is C14H21Br. The molecule has 1 rings (SSSR count). The highest BCUT2D eigenvalue weighted by atomic mass is 79.9. The van der Waals surface area contributed by atoms with Crippen LogP contribution in [0, 0.1) is 0 Å². The number of rotatable bonds is 7. The summed E-state index contributed by atoms with van der Waals surface area (Å²) in [7, 11) is 0. The van der Waals surface area contributed by atoms with E-state index in [4.69, 9.17) is 0 Å². The van der Waals surface area contributed by atoms with Crippen molar-refractivity contribution in [2.24, 2.45) is 0 Å². The minimum absolute atomic E-state index is 1.15. The maximum Gasteiger partial charge on any atom is 0.00313 e. The summed E-state index contributed by atoms with van der Waals surface area (Å²) >= 11 is 3.47. The van der Waals surface area contributed by atoms with Gasteiger partial charge in [0.05, 0.1) is 0 Å². The fourth-order valence-corrected chi connectivity index (χ4v) is 2.31. The van der Waals surface area contributed by atoms with Gasteiger partial charge < -0.3 is 0 Å². The zero-order valence-corrected chi connectivity index (χ0v) is 11.2. The lowest BCUT2D eigenvalue weighted by Gasteiger charge is -2.06. The second-order valence-corrected chi connectivity index (χ2v) is 4.77. The highest BCUT2D eigenvalue weighted by molar-refractivity contribution is 9.09. The summed E-state index contributed by atoms with van der Waals surface area (Å²) < 4.78 is 0. The molecule has 0 aromatic heterocycles. The van der Waals surface area contributed by atoms with Gasteiger partial charge >= 0.3 is 0 Å². The van der Waals surface area contributed by atoms with E-state index in [1.54, 1.807) is 5.56 Å². The maximum atomic E-state index is 3.47. The van der Waals surface area contributed by atoms with Crippen LogP contribution in [0.5, 0.6) is 0 Å². The average molecular weight is 269 g/mol. The zero-order valence-electron chi connectivity index (χ0n) is 9.64. The van der Waals surface area contributed by atoms with Crippen LogP contribution in [-0.2, 0) is 12.8 Å². The van der Waals surface area contributed by atoms with Crippen LogP contribution in [0.1, 0.15) is 43.7 Å². The Morgan fingerprint density at radius 2 is 1.60 bits per heavy atom. The Kier molecular flexibility index (Phi) is 6.74. The van der Waals surface area contributed by atoms with E-state index in [0.29, 0.717) is 0 Å². The first-order valence-corrected chi connectivity index (χ1v) is 7.13. The monoisotopic (exact) mass is 268 g/mol. The van der Waals surface area contributed by atoms with Crippen molar-refractivity contribution in [2.45, 2.75) is 45.4 Å². The molecule has 0 aliphatic rings. The molecule has 0 heterocycles. The average Bonchev–Trinajstić information content (AvgIpc) is 2.29. The highest BCUT2D eigenvalue weighted by Gasteiger charge is 1.98. The van der Waals surface area contributed by atoms with Gasteiger partial charge in [0.2, 0.25) is 0 Å². The molecule has 0 fully saturated rings. The Bertz CT molecular complexity index is 268. The molecule has 0 aliphatic carbocycles. The lowest BCUT2D eigenvalue weighted by molar-refractivity contribution is 0.669. The van der Waals surface area contributed by atoms with E-state index in [1.807, 2.05) is 0 Å². The highest BCUT2D eigenvalue weighted by Crippen LogP contribution is 2.13. The molecule has 0 saturated heterocycles. The van der Waals surface area contributed by atoms with Crippen LogP contribution in [0.4, 0.5) is 0 Å². The molecule has 84 valence electrons. The molecular weight excluding hydrogens is 248 g/mol. The number of hydrogen-bond donors (Lipinski definition) is 0. The Labute approximate surface area is 102 Å². The van der Waals surface area contributed by atoms with Crippen molar-refractivity contribution in [1.82, 2.24) is 0 Å². The summed E-state index contributed by atoms with van der Waals surface area (Å²) in [5, 5.41) is 1.15. The summed E-state index contributed by atoms with van der Waals surface area (Å²) in [5.41, 5.74) is 3.08. The summed E-state index contributed by atoms with van der Waals surface area (Å²) in [6.45, 7) is 2.24. The molecule has 0 aliphatic heterocycles. The summed E-state index contributed by atoms with van der Waals surface area (Å²) in [6, 6.07) is 8.84. The Morgan fingerprint density at radius 3 is 2.27 bits per heavy atom. The Balaban J connectivity index is 2.30. The fourth-order valence-electron chi connectivity index (χ4n) is 1.91. The van der Waals surface area contributed by atoms with E-state index in [1.165, 1.54) is 37.7 Å². The van der Waals surface area contributed by atoms with Gasteiger partial charge in [-0.2, -0.15) is 0 Å². The third-order valence-corrected chi connectivity index (χ3v) is 3.39. The van der Waals surface area contributed by atoms with Gasteiger partial charge in [-0.25, -0.2) is 0 Å². The molecule has 0 radical (unpaired) electrons.